The van der Waals surface area contributed by atoms with Crippen LogP contribution in [0.5, 0.6) is 0 Å². The molecule has 3 aromatic rings. The van der Waals surface area contributed by atoms with Crippen LogP contribution in [0.1, 0.15) is 27.1 Å². The molecule has 0 saturated carbocycles. The van der Waals surface area contributed by atoms with E-state index in [1.54, 1.807) is 12.1 Å². The maximum absolute atomic E-state index is 12.6. The largest absolute Gasteiger partial charge is 0.376 e. The number of aromatic nitrogens is 1. The van der Waals surface area contributed by atoms with E-state index in [0.29, 0.717) is 30.8 Å². The number of carbonyl (C=O) groups excluding carboxylic acids is 2. The van der Waals surface area contributed by atoms with Gasteiger partial charge in [-0.15, -0.1) is 0 Å². The van der Waals surface area contributed by atoms with Crippen LogP contribution in [0.25, 0.3) is 10.9 Å². The normalized spacial score (nSPS) is 18.7. The molecule has 0 spiro atoms. The molecular weight excluding hydrogens is 366 g/mol. The minimum atomic E-state index is -0.0915. The summed E-state index contributed by atoms with van der Waals surface area (Å²) in [5.41, 5.74) is 2.36. The first-order valence-electron chi connectivity index (χ1n) is 9.89. The van der Waals surface area contributed by atoms with E-state index in [1.807, 2.05) is 60.3 Å². The van der Waals surface area contributed by atoms with Gasteiger partial charge in [-0.2, -0.15) is 0 Å². The lowest BCUT2D eigenvalue weighted by atomic mass is 10.1. The third-order valence-electron chi connectivity index (χ3n) is 5.38. The Morgan fingerprint density at radius 1 is 1.00 bits per heavy atom. The topological polar surface area (TPSA) is 72.4 Å². The number of hydrogen-bond acceptors (Lipinski definition) is 3. The molecule has 2 N–H and O–H groups in total. The van der Waals surface area contributed by atoms with Gasteiger partial charge in [0.1, 0.15) is 0 Å². The summed E-state index contributed by atoms with van der Waals surface area (Å²) < 4.78 is 7.77. The van der Waals surface area contributed by atoms with Crippen molar-refractivity contribution in [3.63, 3.8) is 0 Å². The summed E-state index contributed by atoms with van der Waals surface area (Å²) in [7, 11) is 1.94. The Labute approximate surface area is 169 Å². The minimum Gasteiger partial charge on any atom is -0.376 e. The van der Waals surface area contributed by atoms with Crippen LogP contribution in [-0.4, -0.2) is 42.2 Å². The molecule has 2 amide bonds. The average molecular weight is 391 g/mol. The van der Waals surface area contributed by atoms with Crippen molar-refractivity contribution in [2.24, 2.45) is 13.0 Å². The Morgan fingerprint density at radius 3 is 2.55 bits per heavy atom. The predicted molar refractivity (Wildman–Crippen MR) is 112 cm³/mol. The van der Waals surface area contributed by atoms with Crippen molar-refractivity contribution >= 4 is 22.7 Å². The van der Waals surface area contributed by atoms with Gasteiger partial charge in [0.2, 0.25) is 0 Å². The zero-order chi connectivity index (χ0) is 20.2. The monoisotopic (exact) mass is 391 g/mol. The van der Waals surface area contributed by atoms with Gasteiger partial charge in [0.05, 0.1) is 18.3 Å². The molecule has 150 valence electrons. The number of hydrogen-bond donors (Lipinski definition) is 2. The quantitative estimate of drug-likeness (QED) is 0.679. The number of benzene rings is 2. The van der Waals surface area contributed by atoms with Gasteiger partial charge in [0.25, 0.3) is 11.8 Å². The summed E-state index contributed by atoms with van der Waals surface area (Å²) in [4.78, 5) is 24.8. The molecular formula is C23H25N3O3. The van der Waals surface area contributed by atoms with E-state index in [0.717, 1.165) is 17.3 Å². The second-order valence-corrected chi connectivity index (χ2v) is 7.51. The number of carbonyl (C=O) groups is 2. The minimum absolute atomic E-state index is 0.0347. The standard InChI is InChI=1S/C23H25N3O3/c1-26-14-20(19-9-5-6-10-21(19)26)23(28)25-13-18-11-16(15-29-18)12-24-22(27)17-7-3-2-4-8-17/h2-10,14,16,18H,11-13,15H2,1H3,(H,24,27)(H,25,28). The van der Waals surface area contributed by atoms with Crippen LogP contribution in [0.15, 0.2) is 60.8 Å². The fourth-order valence-electron chi connectivity index (χ4n) is 3.82. The van der Waals surface area contributed by atoms with Gasteiger partial charge < -0.3 is 19.9 Å². The lowest BCUT2D eigenvalue weighted by molar-refractivity contribution is 0.0844. The SMILES string of the molecule is Cn1cc(C(=O)NCC2CC(CNC(=O)c3ccccc3)CO2)c2ccccc21. The van der Waals surface area contributed by atoms with Crippen LogP contribution in [-0.2, 0) is 11.8 Å². The Kier molecular flexibility index (Phi) is 5.62. The first kappa shape index (κ1) is 19.2. The summed E-state index contributed by atoms with van der Waals surface area (Å²) in [6.45, 7) is 1.62. The number of nitrogens with one attached hydrogen (secondary N) is 2. The number of fused-ring (bicyclic) bond motifs is 1. The molecule has 6 heteroatoms. The maximum Gasteiger partial charge on any atom is 0.253 e. The molecule has 6 nitrogen and oxygen atoms in total. The predicted octanol–water partition coefficient (Wildman–Crippen LogP) is 2.74. The second-order valence-electron chi connectivity index (χ2n) is 7.51. The van der Waals surface area contributed by atoms with Crippen molar-refractivity contribution in [2.75, 3.05) is 19.7 Å². The third kappa shape index (κ3) is 4.32. The molecule has 1 aliphatic heterocycles. The molecule has 29 heavy (non-hydrogen) atoms. The second kappa shape index (κ2) is 8.49. The number of para-hydroxylation sites is 1. The number of aryl methyl sites for hydroxylation is 1. The lowest BCUT2D eigenvalue weighted by Gasteiger charge is -2.11. The molecule has 1 aliphatic rings. The van der Waals surface area contributed by atoms with Crippen molar-refractivity contribution in [1.29, 1.82) is 0 Å². The molecule has 0 radical (unpaired) electrons. The molecule has 2 aromatic carbocycles. The maximum atomic E-state index is 12.6. The molecule has 4 rings (SSSR count). The molecule has 0 aliphatic carbocycles. The Morgan fingerprint density at radius 2 is 1.72 bits per heavy atom. The number of ether oxygens (including phenoxy) is 1. The van der Waals surface area contributed by atoms with E-state index in [9.17, 15) is 9.59 Å². The highest BCUT2D eigenvalue weighted by Crippen LogP contribution is 2.21. The van der Waals surface area contributed by atoms with E-state index in [2.05, 4.69) is 10.6 Å². The van der Waals surface area contributed by atoms with E-state index >= 15 is 0 Å². The summed E-state index contributed by atoms with van der Waals surface area (Å²) >= 11 is 0. The van der Waals surface area contributed by atoms with Gasteiger partial charge >= 0.3 is 0 Å². The summed E-state index contributed by atoms with van der Waals surface area (Å²) in [6.07, 6.45) is 2.63. The van der Waals surface area contributed by atoms with Crippen molar-refractivity contribution < 1.29 is 14.3 Å². The van der Waals surface area contributed by atoms with Crippen LogP contribution in [0.2, 0.25) is 0 Å². The van der Waals surface area contributed by atoms with Gasteiger partial charge in [0, 0.05) is 48.7 Å². The highest BCUT2D eigenvalue weighted by molar-refractivity contribution is 6.07. The number of nitrogens with zero attached hydrogens (tertiary/aromatic N) is 1. The van der Waals surface area contributed by atoms with Gasteiger partial charge in [-0.25, -0.2) is 0 Å². The zero-order valence-corrected chi connectivity index (χ0v) is 16.4. The molecule has 0 bridgehead atoms. The van der Waals surface area contributed by atoms with Crippen molar-refractivity contribution in [3.8, 4) is 0 Å². The molecule has 2 heterocycles. The summed E-state index contributed by atoms with van der Waals surface area (Å²) in [5.74, 6) is 0.0895. The molecule has 2 atom stereocenters. The van der Waals surface area contributed by atoms with Crippen LogP contribution in [0, 0.1) is 5.92 Å². The van der Waals surface area contributed by atoms with E-state index in [-0.39, 0.29) is 23.8 Å². The summed E-state index contributed by atoms with van der Waals surface area (Å²) in [6, 6.07) is 17.0. The van der Waals surface area contributed by atoms with Crippen LogP contribution in [0.4, 0.5) is 0 Å². The summed E-state index contributed by atoms with van der Waals surface area (Å²) in [5, 5.41) is 6.90. The van der Waals surface area contributed by atoms with E-state index in [4.69, 9.17) is 4.74 Å². The van der Waals surface area contributed by atoms with Crippen LogP contribution in [0.3, 0.4) is 0 Å². The molecule has 2 unspecified atom stereocenters. The molecule has 1 aromatic heterocycles. The zero-order valence-electron chi connectivity index (χ0n) is 16.4. The molecule has 1 fully saturated rings. The van der Waals surface area contributed by atoms with Crippen molar-refractivity contribution in [2.45, 2.75) is 12.5 Å². The van der Waals surface area contributed by atoms with Gasteiger partial charge in [-0.05, 0) is 24.6 Å². The third-order valence-corrected chi connectivity index (χ3v) is 5.38. The first-order chi connectivity index (χ1) is 14.1. The van der Waals surface area contributed by atoms with Crippen molar-refractivity contribution in [3.05, 3.63) is 71.9 Å². The van der Waals surface area contributed by atoms with Gasteiger partial charge in [0.15, 0.2) is 0 Å². The van der Waals surface area contributed by atoms with Crippen LogP contribution < -0.4 is 10.6 Å². The fraction of sp³-hybridized carbons (Fsp3) is 0.304. The fourth-order valence-corrected chi connectivity index (χ4v) is 3.82. The van der Waals surface area contributed by atoms with E-state index < -0.39 is 0 Å². The highest BCUT2D eigenvalue weighted by atomic mass is 16.5. The Bertz CT molecular complexity index is 1010. The lowest BCUT2D eigenvalue weighted by Crippen LogP contribution is -2.32. The van der Waals surface area contributed by atoms with Gasteiger partial charge in [-0.1, -0.05) is 36.4 Å². The number of rotatable bonds is 6. The Hall–Kier alpha value is -3.12. The first-order valence-corrected chi connectivity index (χ1v) is 9.89. The van der Waals surface area contributed by atoms with Crippen LogP contribution >= 0.6 is 0 Å². The van der Waals surface area contributed by atoms with E-state index in [1.165, 1.54) is 0 Å². The highest BCUT2D eigenvalue weighted by Gasteiger charge is 2.26. The van der Waals surface area contributed by atoms with Crippen molar-refractivity contribution in [1.82, 2.24) is 15.2 Å². The number of amides is 2. The Balaban J connectivity index is 1.26. The van der Waals surface area contributed by atoms with Gasteiger partial charge in [-0.3, -0.25) is 9.59 Å². The average Bonchev–Trinajstić information content (AvgIpc) is 3.35. The smallest absolute Gasteiger partial charge is 0.253 e. The molecule has 1 saturated heterocycles.